The van der Waals surface area contributed by atoms with Crippen LogP contribution in [0.15, 0.2) is 12.4 Å². The maximum Gasteiger partial charge on any atom is 0.310 e. The molecule has 1 aliphatic heterocycles. The molecule has 5 heteroatoms. The van der Waals surface area contributed by atoms with Crippen molar-refractivity contribution in [2.75, 3.05) is 13.1 Å². The highest BCUT2D eigenvalue weighted by molar-refractivity contribution is 5.74. The van der Waals surface area contributed by atoms with E-state index < -0.39 is 11.4 Å². The van der Waals surface area contributed by atoms with E-state index in [0.717, 1.165) is 12.4 Å². The summed E-state index contributed by atoms with van der Waals surface area (Å²) in [5.41, 5.74) is -0.591. The molecule has 2 rings (SSSR count). The molecule has 1 unspecified atom stereocenters. The second-order valence-corrected chi connectivity index (χ2v) is 4.36. The van der Waals surface area contributed by atoms with Gasteiger partial charge in [0.25, 0.3) is 0 Å². The van der Waals surface area contributed by atoms with E-state index in [-0.39, 0.29) is 0 Å². The lowest BCUT2D eigenvalue weighted by molar-refractivity contribution is -0.147. The van der Waals surface area contributed by atoms with Crippen LogP contribution in [-0.4, -0.2) is 39.0 Å². The predicted molar refractivity (Wildman–Crippen MR) is 54.2 cm³/mol. The van der Waals surface area contributed by atoms with Crippen LogP contribution in [0, 0.1) is 5.41 Å². The van der Waals surface area contributed by atoms with Crippen LogP contribution in [0.5, 0.6) is 0 Å². The molecule has 0 amide bonds. The average Bonchev–Trinajstić information content (AvgIpc) is 2.77. The Morgan fingerprint density at radius 1 is 1.80 bits per heavy atom. The number of imidazole rings is 1. The van der Waals surface area contributed by atoms with Crippen molar-refractivity contribution in [1.82, 2.24) is 14.9 Å². The smallest absolute Gasteiger partial charge is 0.310 e. The van der Waals surface area contributed by atoms with E-state index in [4.69, 9.17) is 5.11 Å². The number of carboxylic acid groups (broad SMARTS) is 1. The first-order chi connectivity index (χ1) is 7.10. The molecule has 1 atom stereocenters. The standard InChI is InChI=1S/C10H15N3O2/c1-10(9(14)15)2-5-13(7-10)6-8-11-3-4-12-8/h3-4H,2,5-7H2,1H3,(H,11,12)(H,14,15). The zero-order chi connectivity index (χ0) is 10.9. The number of hydrogen-bond donors (Lipinski definition) is 2. The summed E-state index contributed by atoms with van der Waals surface area (Å²) >= 11 is 0. The number of carboxylic acids is 1. The zero-order valence-electron chi connectivity index (χ0n) is 8.73. The fourth-order valence-electron chi connectivity index (χ4n) is 1.96. The van der Waals surface area contributed by atoms with E-state index >= 15 is 0 Å². The van der Waals surface area contributed by atoms with Gasteiger partial charge in [-0.3, -0.25) is 9.69 Å². The fourth-order valence-corrected chi connectivity index (χ4v) is 1.96. The highest BCUT2D eigenvalue weighted by Crippen LogP contribution is 2.30. The second-order valence-electron chi connectivity index (χ2n) is 4.36. The summed E-state index contributed by atoms with van der Waals surface area (Å²) in [7, 11) is 0. The summed E-state index contributed by atoms with van der Waals surface area (Å²) in [4.78, 5) is 20.3. The molecule has 0 saturated carbocycles. The molecule has 0 aromatic carbocycles. The van der Waals surface area contributed by atoms with Crippen molar-refractivity contribution in [3.05, 3.63) is 18.2 Å². The molecule has 1 saturated heterocycles. The molecule has 0 aliphatic carbocycles. The van der Waals surface area contributed by atoms with Crippen molar-refractivity contribution < 1.29 is 9.90 Å². The lowest BCUT2D eigenvalue weighted by atomic mass is 9.90. The number of likely N-dealkylation sites (tertiary alicyclic amines) is 1. The van der Waals surface area contributed by atoms with E-state index in [1.165, 1.54) is 0 Å². The lowest BCUT2D eigenvalue weighted by Gasteiger charge is -2.19. The molecule has 1 aromatic rings. The summed E-state index contributed by atoms with van der Waals surface area (Å²) in [6, 6.07) is 0. The number of nitrogens with one attached hydrogen (secondary N) is 1. The molecule has 1 fully saturated rings. The van der Waals surface area contributed by atoms with Gasteiger partial charge in [-0.2, -0.15) is 0 Å². The van der Waals surface area contributed by atoms with E-state index in [1.54, 1.807) is 19.3 Å². The van der Waals surface area contributed by atoms with Gasteiger partial charge in [0.1, 0.15) is 5.82 Å². The van der Waals surface area contributed by atoms with Crippen LogP contribution in [0.4, 0.5) is 0 Å². The van der Waals surface area contributed by atoms with Gasteiger partial charge in [0.05, 0.1) is 12.0 Å². The van der Waals surface area contributed by atoms with Gasteiger partial charge in [0.15, 0.2) is 0 Å². The molecule has 0 bridgehead atoms. The number of aliphatic carboxylic acids is 1. The molecular formula is C10H15N3O2. The van der Waals surface area contributed by atoms with Crippen LogP contribution in [0.1, 0.15) is 19.2 Å². The third kappa shape index (κ3) is 2.02. The molecule has 1 aliphatic rings. The minimum absolute atomic E-state index is 0.591. The number of aromatic nitrogens is 2. The zero-order valence-corrected chi connectivity index (χ0v) is 8.73. The van der Waals surface area contributed by atoms with Crippen LogP contribution in [0.2, 0.25) is 0 Å². The maximum absolute atomic E-state index is 11.0. The minimum Gasteiger partial charge on any atom is -0.481 e. The first kappa shape index (κ1) is 10.2. The van der Waals surface area contributed by atoms with E-state index in [1.807, 2.05) is 0 Å². The summed E-state index contributed by atoms with van der Waals surface area (Å²) in [6.07, 6.45) is 4.20. The molecule has 0 spiro atoms. The fraction of sp³-hybridized carbons (Fsp3) is 0.600. The van der Waals surface area contributed by atoms with Crippen LogP contribution >= 0.6 is 0 Å². The van der Waals surface area contributed by atoms with E-state index in [2.05, 4.69) is 14.9 Å². The Morgan fingerprint density at radius 3 is 3.13 bits per heavy atom. The Morgan fingerprint density at radius 2 is 2.60 bits per heavy atom. The number of aromatic amines is 1. The Labute approximate surface area is 88.1 Å². The van der Waals surface area contributed by atoms with Gasteiger partial charge in [0, 0.05) is 18.9 Å². The summed E-state index contributed by atoms with van der Waals surface area (Å²) < 4.78 is 0. The Balaban J connectivity index is 1.96. The number of carbonyl (C=O) groups is 1. The third-order valence-corrected chi connectivity index (χ3v) is 3.00. The molecule has 5 nitrogen and oxygen atoms in total. The number of H-pyrrole nitrogens is 1. The number of hydrogen-bond acceptors (Lipinski definition) is 3. The van der Waals surface area contributed by atoms with Crippen LogP contribution in [-0.2, 0) is 11.3 Å². The topological polar surface area (TPSA) is 69.2 Å². The van der Waals surface area contributed by atoms with E-state index in [0.29, 0.717) is 19.5 Å². The van der Waals surface area contributed by atoms with Crippen molar-refractivity contribution in [3.63, 3.8) is 0 Å². The van der Waals surface area contributed by atoms with Crippen LogP contribution in [0.25, 0.3) is 0 Å². The molecule has 82 valence electrons. The monoisotopic (exact) mass is 209 g/mol. The van der Waals surface area contributed by atoms with Gasteiger partial charge in [-0.1, -0.05) is 0 Å². The van der Waals surface area contributed by atoms with Crippen molar-refractivity contribution in [1.29, 1.82) is 0 Å². The predicted octanol–water partition coefficient (Wildman–Crippen LogP) is 0.706. The van der Waals surface area contributed by atoms with Crippen molar-refractivity contribution >= 4 is 5.97 Å². The van der Waals surface area contributed by atoms with E-state index in [9.17, 15) is 4.79 Å². The molecule has 2 heterocycles. The number of rotatable bonds is 3. The second kappa shape index (κ2) is 3.66. The van der Waals surface area contributed by atoms with Gasteiger partial charge in [-0.25, -0.2) is 4.98 Å². The largest absolute Gasteiger partial charge is 0.481 e. The van der Waals surface area contributed by atoms with Gasteiger partial charge in [-0.05, 0) is 19.9 Å². The van der Waals surface area contributed by atoms with Gasteiger partial charge in [-0.15, -0.1) is 0 Å². The average molecular weight is 209 g/mol. The quantitative estimate of drug-likeness (QED) is 0.769. The van der Waals surface area contributed by atoms with Gasteiger partial charge in [0.2, 0.25) is 0 Å². The molecule has 1 aromatic heterocycles. The normalized spacial score (nSPS) is 27.0. The van der Waals surface area contributed by atoms with Crippen LogP contribution < -0.4 is 0 Å². The first-order valence-corrected chi connectivity index (χ1v) is 5.04. The summed E-state index contributed by atoms with van der Waals surface area (Å²) in [6.45, 7) is 3.93. The van der Waals surface area contributed by atoms with Gasteiger partial charge < -0.3 is 10.1 Å². The lowest BCUT2D eigenvalue weighted by Crippen LogP contribution is -2.31. The molecule has 2 N–H and O–H groups in total. The summed E-state index contributed by atoms with van der Waals surface area (Å²) in [5, 5.41) is 9.07. The molecule has 15 heavy (non-hydrogen) atoms. The van der Waals surface area contributed by atoms with Crippen molar-refractivity contribution in [3.8, 4) is 0 Å². The third-order valence-electron chi connectivity index (χ3n) is 3.00. The van der Waals surface area contributed by atoms with Gasteiger partial charge >= 0.3 is 5.97 Å². The Bertz CT molecular complexity index is 350. The highest BCUT2D eigenvalue weighted by atomic mass is 16.4. The SMILES string of the molecule is CC1(C(=O)O)CCN(Cc2ncc[nH]2)C1. The number of nitrogens with zero attached hydrogens (tertiary/aromatic N) is 2. The van der Waals surface area contributed by atoms with Crippen molar-refractivity contribution in [2.45, 2.75) is 19.9 Å². The van der Waals surface area contributed by atoms with Crippen molar-refractivity contribution in [2.24, 2.45) is 5.41 Å². The van der Waals surface area contributed by atoms with Crippen LogP contribution in [0.3, 0.4) is 0 Å². The summed E-state index contributed by atoms with van der Waals surface area (Å²) in [5.74, 6) is 0.189. The maximum atomic E-state index is 11.0. The minimum atomic E-state index is -0.704. The Hall–Kier alpha value is -1.36. The Kier molecular flexibility index (Phi) is 2.48. The highest BCUT2D eigenvalue weighted by Gasteiger charge is 2.40. The molecule has 0 radical (unpaired) electrons. The molecular weight excluding hydrogens is 194 g/mol. The first-order valence-electron chi connectivity index (χ1n) is 5.04.